The lowest BCUT2D eigenvalue weighted by Gasteiger charge is -2.33. The molecule has 1 aromatic carbocycles. The second-order valence-electron chi connectivity index (χ2n) is 7.18. The van der Waals surface area contributed by atoms with Crippen LogP contribution in [0.1, 0.15) is 37.0 Å². The zero-order valence-corrected chi connectivity index (χ0v) is 17.1. The molecule has 1 fully saturated rings. The Morgan fingerprint density at radius 3 is 2.69 bits per heavy atom. The molecule has 1 aromatic heterocycles. The largest absolute Gasteiger partial charge is 0.452 e. The minimum absolute atomic E-state index is 0.0375. The number of benzene rings is 1. The van der Waals surface area contributed by atoms with E-state index in [0.717, 1.165) is 0 Å². The average molecular weight is 421 g/mol. The quantitative estimate of drug-likeness (QED) is 0.516. The first-order valence-corrected chi connectivity index (χ1v) is 11.3. The van der Waals surface area contributed by atoms with E-state index in [9.17, 15) is 22.8 Å². The number of sulfone groups is 1. The van der Waals surface area contributed by atoms with Crippen molar-refractivity contribution < 1.29 is 27.2 Å². The van der Waals surface area contributed by atoms with E-state index in [0.29, 0.717) is 23.8 Å². The Kier molecular flexibility index (Phi) is 6.07. The third-order valence-corrected chi connectivity index (χ3v) is 6.89. The second kappa shape index (κ2) is 8.36. The number of nitrogens with zero attached hydrogens (tertiary/aromatic N) is 1. The molecule has 1 aliphatic heterocycles. The molecular formula is C20H23NO7S. The molecule has 2 atom stereocenters. The summed E-state index contributed by atoms with van der Waals surface area (Å²) in [6.07, 6.45) is 0.991. The predicted octanol–water partition coefficient (Wildman–Crippen LogP) is 1.76. The average Bonchev–Trinajstić information content (AvgIpc) is 3.04. The summed E-state index contributed by atoms with van der Waals surface area (Å²) in [7, 11) is -3.17. The molecule has 0 radical (unpaired) electrons. The lowest BCUT2D eigenvalue weighted by molar-refractivity contribution is -0.138. The number of fused-ring (bicyclic) bond motifs is 1. The van der Waals surface area contributed by atoms with E-state index >= 15 is 0 Å². The summed E-state index contributed by atoms with van der Waals surface area (Å²) in [5, 5.41) is 0.558. The van der Waals surface area contributed by atoms with Crippen LogP contribution in [-0.4, -0.2) is 55.4 Å². The summed E-state index contributed by atoms with van der Waals surface area (Å²) in [6.45, 7) is 3.13. The van der Waals surface area contributed by atoms with E-state index in [1.54, 1.807) is 24.3 Å². The van der Waals surface area contributed by atoms with Gasteiger partial charge in [0.1, 0.15) is 11.1 Å². The first kappa shape index (κ1) is 21.0. The number of para-hydroxylation sites is 1. The van der Waals surface area contributed by atoms with E-state index in [1.807, 2.05) is 13.8 Å². The van der Waals surface area contributed by atoms with Crippen molar-refractivity contribution in [2.45, 2.75) is 38.8 Å². The molecule has 0 saturated carbocycles. The van der Waals surface area contributed by atoms with Gasteiger partial charge in [-0.1, -0.05) is 25.1 Å². The van der Waals surface area contributed by atoms with Crippen molar-refractivity contribution in [1.82, 2.24) is 4.90 Å². The van der Waals surface area contributed by atoms with E-state index < -0.39 is 40.0 Å². The maximum atomic E-state index is 12.7. The number of rotatable bonds is 6. The summed E-state index contributed by atoms with van der Waals surface area (Å²) in [5.41, 5.74) is -0.799. The Balaban J connectivity index is 1.73. The van der Waals surface area contributed by atoms with Crippen LogP contribution in [0, 0.1) is 0 Å². The van der Waals surface area contributed by atoms with Crippen LogP contribution in [0.4, 0.5) is 0 Å². The van der Waals surface area contributed by atoms with Crippen molar-refractivity contribution in [3.05, 3.63) is 46.3 Å². The van der Waals surface area contributed by atoms with Gasteiger partial charge in [0, 0.05) is 17.5 Å². The third-order valence-electron chi connectivity index (χ3n) is 5.14. The molecule has 0 bridgehead atoms. The monoisotopic (exact) mass is 421 g/mol. The molecular weight excluding hydrogens is 398 g/mol. The Bertz CT molecular complexity index is 1090. The van der Waals surface area contributed by atoms with Gasteiger partial charge in [-0.05, 0) is 31.9 Å². The fourth-order valence-corrected chi connectivity index (χ4v) is 5.20. The van der Waals surface area contributed by atoms with Crippen LogP contribution < -0.4 is 5.63 Å². The standard InChI is InChI=1S/C20H23NO7S/c1-3-13(2)21(15-8-9-29(25,26)12-15)18(22)11-27-19(23)16-10-14-6-4-5-7-17(14)28-20(16)24/h4-7,10,13,15H,3,8-9,11-12H2,1-2H3/t13-,15+/m0/s1. The number of carbonyl (C=O) groups is 2. The van der Waals surface area contributed by atoms with Crippen molar-refractivity contribution in [1.29, 1.82) is 0 Å². The molecule has 156 valence electrons. The fraction of sp³-hybridized carbons (Fsp3) is 0.450. The zero-order chi connectivity index (χ0) is 21.2. The Morgan fingerprint density at radius 2 is 2.03 bits per heavy atom. The van der Waals surface area contributed by atoms with Gasteiger partial charge in [-0.3, -0.25) is 4.79 Å². The molecule has 2 heterocycles. The Labute approximate surface area is 168 Å². The van der Waals surface area contributed by atoms with Crippen molar-refractivity contribution in [2.75, 3.05) is 18.1 Å². The lowest BCUT2D eigenvalue weighted by Crippen LogP contribution is -2.48. The minimum Gasteiger partial charge on any atom is -0.452 e. The molecule has 2 aromatic rings. The van der Waals surface area contributed by atoms with E-state index in [1.165, 1.54) is 11.0 Å². The van der Waals surface area contributed by atoms with Gasteiger partial charge in [0.15, 0.2) is 16.4 Å². The van der Waals surface area contributed by atoms with Gasteiger partial charge in [-0.15, -0.1) is 0 Å². The molecule has 1 aliphatic rings. The van der Waals surface area contributed by atoms with Gasteiger partial charge in [0.05, 0.1) is 11.5 Å². The summed E-state index contributed by atoms with van der Waals surface area (Å²) in [5.74, 6) is -1.50. The minimum atomic E-state index is -3.17. The number of amides is 1. The Hall–Kier alpha value is -2.68. The van der Waals surface area contributed by atoms with Crippen molar-refractivity contribution >= 4 is 32.7 Å². The molecule has 8 nitrogen and oxygen atoms in total. The highest BCUT2D eigenvalue weighted by Gasteiger charge is 2.36. The summed E-state index contributed by atoms with van der Waals surface area (Å²) >= 11 is 0. The molecule has 9 heteroatoms. The molecule has 0 N–H and O–H groups in total. The molecule has 29 heavy (non-hydrogen) atoms. The van der Waals surface area contributed by atoms with E-state index in [4.69, 9.17) is 9.15 Å². The normalized spacial score (nSPS) is 19.0. The van der Waals surface area contributed by atoms with Crippen molar-refractivity contribution in [3.8, 4) is 0 Å². The number of hydrogen-bond acceptors (Lipinski definition) is 7. The lowest BCUT2D eigenvalue weighted by atomic mass is 10.1. The van der Waals surface area contributed by atoms with E-state index in [2.05, 4.69) is 0 Å². The summed E-state index contributed by atoms with van der Waals surface area (Å²) in [4.78, 5) is 38.6. The SMILES string of the molecule is CC[C@H](C)N(C(=O)COC(=O)c1cc2ccccc2oc1=O)[C@@H]1CCS(=O)(=O)C1. The van der Waals surface area contributed by atoms with Crippen LogP contribution in [0.25, 0.3) is 11.0 Å². The second-order valence-corrected chi connectivity index (χ2v) is 9.41. The number of ether oxygens (including phenoxy) is 1. The maximum absolute atomic E-state index is 12.7. The fourth-order valence-electron chi connectivity index (χ4n) is 3.48. The molecule has 0 unspecified atom stereocenters. The van der Waals surface area contributed by atoms with Crippen molar-refractivity contribution in [2.24, 2.45) is 0 Å². The van der Waals surface area contributed by atoms with Crippen LogP contribution >= 0.6 is 0 Å². The number of carbonyl (C=O) groups excluding carboxylic acids is 2. The van der Waals surface area contributed by atoms with Gasteiger partial charge < -0.3 is 14.1 Å². The maximum Gasteiger partial charge on any atom is 0.351 e. The van der Waals surface area contributed by atoms with Crippen LogP contribution in [0.3, 0.4) is 0 Å². The van der Waals surface area contributed by atoms with Gasteiger partial charge in [-0.25, -0.2) is 18.0 Å². The summed E-state index contributed by atoms with van der Waals surface area (Å²) < 4.78 is 33.8. The van der Waals surface area contributed by atoms with Crippen molar-refractivity contribution in [3.63, 3.8) is 0 Å². The smallest absolute Gasteiger partial charge is 0.351 e. The van der Waals surface area contributed by atoms with Crippen LogP contribution in [0.5, 0.6) is 0 Å². The van der Waals surface area contributed by atoms with E-state index in [-0.39, 0.29) is 23.1 Å². The van der Waals surface area contributed by atoms with Crippen LogP contribution in [0.15, 0.2) is 39.5 Å². The van der Waals surface area contributed by atoms with Gasteiger partial charge in [-0.2, -0.15) is 0 Å². The zero-order valence-electron chi connectivity index (χ0n) is 16.3. The highest BCUT2D eigenvalue weighted by molar-refractivity contribution is 7.91. The summed E-state index contributed by atoms with van der Waals surface area (Å²) in [6, 6.07) is 7.46. The first-order chi connectivity index (χ1) is 13.7. The highest BCUT2D eigenvalue weighted by atomic mass is 32.2. The Morgan fingerprint density at radius 1 is 1.31 bits per heavy atom. The molecule has 0 aliphatic carbocycles. The number of esters is 1. The van der Waals surface area contributed by atoms with Gasteiger partial charge in [0.25, 0.3) is 5.91 Å². The molecule has 0 spiro atoms. The molecule has 1 saturated heterocycles. The predicted molar refractivity (Wildman–Crippen MR) is 106 cm³/mol. The number of hydrogen-bond donors (Lipinski definition) is 0. The van der Waals surface area contributed by atoms with Gasteiger partial charge >= 0.3 is 11.6 Å². The van der Waals surface area contributed by atoms with Crippen LogP contribution in [-0.2, 0) is 19.4 Å². The topological polar surface area (TPSA) is 111 Å². The van der Waals surface area contributed by atoms with Crippen LogP contribution in [0.2, 0.25) is 0 Å². The molecule has 1 amide bonds. The third kappa shape index (κ3) is 4.67. The highest BCUT2D eigenvalue weighted by Crippen LogP contribution is 2.21. The van der Waals surface area contributed by atoms with Gasteiger partial charge in [0.2, 0.25) is 0 Å². The first-order valence-electron chi connectivity index (χ1n) is 9.43. The molecule has 3 rings (SSSR count).